The summed E-state index contributed by atoms with van der Waals surface area (Å²) in [6.07, 6.45) is 0. The first kappa shape index (κ1) is 34.6. The maximum atomic E-state index is 5.22. The van der Waals surface area contributed by atoms with Gasteiger partial charge in [0, 0.05) is 11.1 Å². The normalized spacial score (nSPS) is 12.5. The number of hydrogen-bond donors (Lipinski definition) is 0. The molecule has 0 N–H and O–H groups in total. The van der Waals surface area contributed by atoms with Gasteiger partial charge in [-0.3, -0.25) is 0 Å². The van der Waals surface area contributed by atoms with Crippen LogP contribution in [0.4, 0.5) is 0 Å². The van der Waals surface area contributed by atoms with Crippen molar-refractivity contribution in [3.8, 4) is 67.0 Å². The van der Waals surface area contributed by atoms with Gasteiger partial charge in [-0.1, -0.05) is 218 Å². The summed E-state index contributed by atoms with van der Waals surface area (Å²) in [6, 6.07) is 86.0. The molecule has 0 unspecified atom stereocenters. The molecule has 0 aliphatic heterocycles. The van der Waals surface area contributed by atoms with Crippen molar-refractivity contribution < 1.29 is 0 Å². The molecule has 276 valence electrons. The molecule has 0 saturated heterocycles. The maximum Gasteiger partial charge on any atom is 0.0719 e. The van der Waals surface area contributed by atoms with E-state index in [2.05, 4.69) is 237 Å². The lowest BCUT2D eigenvalue weighted by Gasteiger charge is -2.35. The van der Waals surface area contributed by atoms with E-state index in [1.807, 2.05) is 0 Å². The summed E-state index contributed by atoms with van der Waals surface area (Å²) in [5.41, 5.74) is 18.5. The first-order valence-electron chi connectivity index (χ1n) is 20.4. The van der Waals surface area contributed by atoms with Gasteiger partial charge in [0.25, 0.3) is 0 Å². The molecule has 1 nitrogen and oxygen atoms in total. The molecular weight excluding hydrogens is 711 g/mol. The van der Waals surface area contributed by atoms with Crippen LogP contribution in [0.1, 0.15) is 22.3 Å². The average Bonchev–Trinajstić information content (AvgIpc) is 3.65. The van der Waals surface area contributed by atoms with E-state index in [1.54, 1.807) is 0 Å². The number of fused-ring (bicyclic) bond motifs is 5. The Morgan fingerprint density at radius 1 is 0.305 bits per heavy atom. The van der Waals surface area contributed by atoms with Crippen LogP contribution in [0.5, 0.6) is 0 Å². The Hall–Kier alpha value is -7.61. The lowest BCUT2D eigenvalue weighted by atomic mass is 9.66. The van der Waals surface area contributed by atoms with Crippen molar-refractivity contribution >= 4 is 10.8 Å². The molecule has 0 amide bonds. The molecule has 0 bridgehead atoms. The molecule has 1 aliphatic carbocycles. The first-order chi connectivity index (χ1) is 29.3. The Labute approximate surface area is 345 Å². The van der Waals surface area contributed by atoms with Crippen LogP contribution in [0, 0.1) is 0 Å². The van der Waals surface area contributed by atoms with Crippen LogP contribution < -0.4 is 0 Å². The van der Waals surface area contributed by atoms with Crippen LogP contribution in [0.15, 0.2) is 237 Å². The number of nitrogens with zero attached hydrogens (tertiary/aromatic N) is 1. The number of benzene rings is 9. The Balaban J connectivity index is 1.08. The molecule has 0 atom stereocenters. The lowest BCUT2D eigenvalue weighted by molar-refractivity contribution is 0.775. The van der Waals surface area contributed by atoms with Gasteiger partial charge in [-0.2, -0.15) is 0 Å². The van der Waals surface area contributed by atoms with Crippen molar-refractivity contribution in [3.63, 3.8) is 0 Å². The van der Waals surface area contributed by atoms with Crippen LogP contribution in [0.2, 0.25) is 0 Å². The van der Waals surface area contributed by atoms with E-state index in [0.29, 0.717) is 0 Å². The lowest BCUT2D eigenvalue weighted by Crippen LogP contribution is -2.28. The summed E-state index contributed by atoms with van der Waals surface area (Å²) >= 11 is 0. The summed E-state index contributed by atoms with van der Waals surface area (Å²) in [5.74, 6) is 0. The highest BCUT2D eigenvalue weighted by atomic mass is 14.7. The Morgan fingerprint density at radius 3 is 1.37 bits per heavy atom. The van der Waals surface area contributed by atoms with E-state index in [1.165, 1.54) is 66.4 Å². The van der Waals surface area contributed by atoms with Crippen molar-refractivity contribution in [2.24, 2.45) is 0 Å². The zero-order valence-corrected chi connectivity index (χ0v) is 32.5. The number of hydrogen-bond acceptors (Lipinski definition) is 1. The molecule has 11 rings (SSSR count). The topological polar surface area (TPSA) is 12.9 Å². The summed E-state index contributed by atoms with van der Waals surface area (Å²) in [4.78, 5) is 5.22. The molecule has 1 heterocycles. The zero-order chi connectivity index (χ0) is 39.2. The third-order valence-electron chi connectivity index (χ3n) is 12.2. The minimum atomic E-state index is -0.495. The van der Waals surface area contributed by atoms with Gasteiger partial charge in [0.15, 0.2) is 0 Å². The molecule has 0 fully saturated rings. The molecule has 9 aromatic carbocycles. The average molecular weight is 750 g/mol. The fourth-order valence-corrected chi connectivity index (χ4v) is 9.46. The van der Waals surface area contributed by atoms with Crippen molar-refractivity contribution in [2.75, 3.05) is 0 Å². The second-order valence-corrected chi connectivity index (χ2v) is 15.4. The van der Waals surface area contributed by atoms with Crippen molar-refractivity contribution in [3.05, 3.63) is 259 Å². The number of pyridine rings is 1. The Morgan fingerprint density at radius 2 is 0.746 bits per heavy atom. The third kappa shape index (κ3) is 5.82. The fourth-order valence-electron chi connectivity index (χ4n) is 9.46. The Kier molecular flexibility index (Phi) is 8.45. The molecule has 1 aromatic heterocycles. The van der Waals surface area contributed by atoms with Gasteiger partial charge in [-0.25, -0.2) is 4.98 Å². The summed E-state index contributed by atoms with van der Waals surface area (Å²) < 4.78 is 0. The zero-order valence-electron chi connectivity index (χ0n) is 32.5. The molecule has 1 aliphatic rings. The second-order valence-electron chi connectivity index (χ2n) is 15.4. The molecule has 1 heteroatoms. The van der Waals surface area contributed by atoms with Crippen LogP contribution in [-0.4, -0.2) is 4.98 Å². The minimum absolute atomic E-state index is 0.495. The van der Waals surface area contributed by atoms with Crippen LogP contribution >= 0.6 is 0 Å². The predicted molar refractivity (Wildman–Crippen MR) is 246 cm³/mol. The number of aromatic nitrogens is 1. The van der Waals surface area contributed by atoms with Crippen molar-refractivity contribution in [2.45, 2.75) is 5.41 Å². The molecule has 59 heavy (non-hydrogen) atoms. The molecule has 0 spiro atoms. The molecule has 0 radical (unpaired) electrons. The predicted octanol–water partition coefficient (Wildman–Crippen LogP) is 14.9. The maximum absolute atomic E-state index is 5.22. The van der Waals surface area contributed by atoms with Gasteiger partial charge in [0.1, 0.15) is 0 Å². The fraction of sp³-hybridized carbons (Fsp3) is 0.0172. The first-order valence-corrected chi connectivity index (χ1v) is 20.4. The van der Waals surface area contributed by atoms with Gasteiger partial charge < -0.3 is 0 Å². The van der Waals surface area contributed by atoms with Gasteiger partial charge in [0.2, 0.25) is 0 Å². The van der Waals surface area contributed by atoms with E-state index >= 15 is 0 Å². The second kappa shape index (κ2) is 14.4. The summed E-state index contributed by atoms with van der Waals surface area (Å²) in [5, 5.41) is 2.51. The SMILES string of the molecule is c1ccc(-c2ccc(-c3cc(-c4ccc(-c5cc6ccccc6c6c5-c5ccccc5C6(c5ccccc5)c5ccccc5)cc4)cc(-c4ccccc4)n3)cc2)cc1. The molecule has 10 aromatic rings. The highest BCUT2D eigenvalue weighted by molar-refractivity contribution is 6.06. The summed E-state index contributed by atoms with van der Waals surface area (Å²) in [6.45, 7) is 0. The van der Waals surface area contributed by atoms with Crippen molar-refractivity contribution in [1.82, 2.24) is 4.98 Å². The smallest absolute Gasteiger partial charge is 0.0719 e. The summed E-state index contributed by atoms with van der Waals surface area (Å²) in [7, 11) is 0. The van der Waals surface area contributed by atoms with E-state index in [9.17, 15) is 0 Å². The quantitative estimate of drug-likeness (QED) is 0.158. The van der Waals surface area contributed by atoms with E-state index < -0.39 is 5.41 Å². The number of rotatable bonds is 7. The highest BCUT2D eigenvalue weighted by Gasteiger charge is 2.48. The van der Waals surface area contributed by atoms with Crippen molar-refractivity contribution in [1.29, 1.82) is 0 Å². The van der Waals surface area contributed by atoms with Crippen LogP contribution in [0.25, 0.3) is 77.8 Å². The standard InChI is InChI=1S/C58H39N/c1-5-17-40(18-6-1)41-31-35-45(36-32-41)55-39-47(38-54(59-55)44-19-7-2-8-20-44)42-29-33-43(34-30-42)52-37-46-21-13-14-26-50(46)57-56(52)51-27-15-16-28-53(51)58(57,48-22-9-3-10-23-48)49-24-11-4-12-25-49/h1-39H. The van der Waals surface area contributed by atoms with Gasteiger partial charge in [-0.05, 0) is 95.7 Å². The Bertz CT molecular complexity index is 3060. The minimum Gasteiger partial charge on any atom is -0.248 e. The van der Waals surface area contributed by atoms with Crippen LogP contribution in [-0.2, 0) is 5.41 Å². The highest BCUT2D eigenvalue weighted by Crippen LogP contribution is 2.60. The van der Waals surface area contributed by atoms with Gasteiger partial charge in [0.05, 0.1) is 16.8 Å². The van der Waals surface area contributed by atoms with E-state index in [-0.39, 0.29) is 0 Å². The van der Waals surface area contributed by atoms with E-state index in [4.69, 9.17) is 4.98 Å². The van der Waals surface area contributed by atoms with Gasteiger partial charge in [-0.15, -0.1) is 0 Å². The molecule has 0 saturated carbocycles. The van der Waals surface area contributed by atoms with Gasteiger partial charge >= 0.3 is 0 Å². The largest absolute Gasteiger partial charge is 0.248 e. The van der Waals surface area contributed by atoms with E-state index in [0.717, 1.165) is 33.6 Å². The monoisotopic (exact) mass is 749 g/mol. The van der Waals surface area contributed by atoms with Crippen LogP contribution in [0.3, 0.4) is 0 Å². The third-order valence-corrected chi connectivity index (χ3v) is 12.2. The molecular formula is C58H39N.